The van der Waals surface area contributed by atoms with Gasteiger partial charge in [0.15, 0.2) is 6.10 Å². The SMILES string of the molecule is C=CCCOC(C[N+](=O)[O-])c1ccco1. The second kappa shape index (κ2) is 5.98. The van der Waals surface area contributed by atoms with Crippen LogP contribution in [0.2, 0.25) is 0 Å². The number of furan rings is 1. The molecule has 0 aliphatic rings. The summed E-state index contributed by atoms with van der Waals surface area (Å²) < 4.78 is 10.4. The normalized spacial score (nSPS) is 12.3. The highest BCUT2D eigenvalue weighted by Gasteiger charge is 2.20. The van der Waals surface area contributed by atoms with Crippen LogP contribution in [0.1, 0.15) is 18.3 Å². The Hall–Kier alpha value is -1.62. The van der Waals surface area contributed by atoms with E-state index in [4.69, 9.17) is 9.15 Å². The predicted octanol–water partition coefficient (Wildman–Crippen LogP) is 2.19. The molecule has 0 radical (unpaired) electrons. The van der Waals surface area contributed by atoms with Gasteiger partial charge in [0.2, 0.25) is 6.54 Å². The molecule has 5 heteroatoms. The molecule has 1 aromatic rings. The van der Waals surface area contributed by atoms with Crippen LogP contribution in [0, 0.1) is 10.1 Å². The average molecular weight is 211 g/mol. The van der Waals surface area contributed by atoms with Gasteiger partial charge in [-0.2, -0.15) is 0 Å². The van der Waals surface area contributed by atoms with Gasteiger partial charge in [-0.1, -0.05) is 6.08 Å². The Bertz CT molecular complexity index is 307. The summed E-state index contributed by atoms with van der Waals surface area (Å²) in [6, 6.07) is 3.35. The zero-order valence-corrected chi connectivity index (χ0v) is 8.30. The van der Waals surface area contributed by atoms with Gasteiger partial charge >= 0.3 is 0 Å². The molecule has 0 aliphatic carbocycles. The van der Waals surface area contributed by atoms with Crippen molar-refractivity contribution in [1.29, 1.82) is 0 Å². The molecule has 1 heterocycles. The fraction of sp³-hybridized carbons (Fsp3) is 0.400. The minimum atomic E-state index is -0.616. The zero-order valence-electron chi connectivity index (χ0n) is 8.30. The summed E-state index contributed by atoms with van der Waals surface area (Å²) in [6.07, 6.45) is 3.22. The fourth-order valence-corrected chi connectivity index (χ4v) is 1.13. The molecule has 1 aromatic heterocycles. The van der Waals surface area contributed by atoms with E-state index in [2.05, 4.69) is 6.58 Å². The molecule has 1 unspecified atom stereocenters. The van der Waals surface area contributed by atoms with Crippen LogP contribution in [0.15, 0.2) is 35.5 Å². The van der Waals surface area contributed by atoms with Crippen molar-refractivity contribution in [2.75, 3.05) is 13.2 Å². The van der Waals surface area contributed by atoms with Crippen LogP contribution in [0.5, 0.6) is 0 Å². The van der Waals surface area contributed by atoms with E-state index in [0.29, 0.717) is 18.8 Å². The lowest BCUT2D eigenvalue weighted by molar-refractivity contribution is -0.493. The van der Waals surface area contributed by atoms with Gasteiger partial charge in [0.05, 0.1) is 12.9 Å². The standard InChI is InChI=1S/C10H13NO4/c1-2-3-6-15-10(8-11(12)13)9-5-4-7-14-9/h2,4-5,7,10H,1,3,6,8H2. The Morgan fingerprint density at radius 2 is 2.53 bits per heavy atom. The number of rotatable bonds is 7. The first kappa shape index (κ1) is 11.5. The Kier molecular flexibility index (Phi) is 4.56. The van der Waals surface area contributed by atoms with Gasteiger partial charge in [-0.3, -0.25) is 10.1 Å². The third kappa shape index (κ3) is 3.95. The Balaban J connectivity index is 2.53. The van der Waals surface area contributed by atoms with Crippen LogP contribution in [-0.4, -0.2) is 18.1 Å². The second-order valence-electron chi connectivity index (χ2n) is 2.97. The molecule has 0 aliphatic heterocycles. The Morgan fingerprint density at radius 3 is 3.07 bits per heavy atom. The monoisotopic (exact) mass is 211 g/mol. The van der Waals surface area contributed by atoms with E-state index in [1.165, 1.54) is 6.26 Å². The maximum Gasteiger partial charge on any atom is 0.236 e. The topological polar surface area (TPSA) is 65.5 Å². The smallest absolute Gasteiger partial charge is 0.236 e. The summed E-state index contributed by atoms with van der Waals surface area (Å²) >= 11 is 0. The quantitative estimate of drug-likeness (QED) is 0.300. The van der Waals surface area contributed by atoms with Crippen molar-refractivity contribution in [3.05, 3.63) is 46.9 Å². The minimum absolute atomic E-state index is 0.287. The number of hydrogen-bond acceptors (Lipinski definition) is 4. The van der Waals surface area contributed by atoms with E-state index in [1.54, 1.807) is 18.2 Å². The molecule has 15 heavy (non-hydrogen) atoms. The predicted molar refractivity (Wildman–Crippen MR) is 54.1 cm³/mol. The largest absolute Gasteiger partial charge is 0.466 e. The van der Waals surface area contributed by atoms with Crippen LogP contribution >= 0.6 is 0 Å². The number of nitrogens with zero attached hydrogens (tertiary/aromatic N) is 1. The summed E-state index contributed by atoms with van der Waals surface area (Å²) in [5.41, 5.74) is 0. The Labute approximate surface area is 87.5 Å². The van der Waals surface area contributed by atoms with E-state index >= 15 is 0 Å². The number of ether oxygens (including phenoxy) is 1. The van der Waals surface area contributed by atoms with E-state index in [9.17, 15) is 10.1 Å². The molecule has 1 rings (SSSR count). The molecule has 0 spiro atoms. The van der Waals surface area contributed by atoms with Crippen molar-refractivity contribution in [3.63, 3.8) is 0 Å². The lowest BCUT2D eigenvalue weighted by atomic mass is 10.2. The molecule has 82 valence electrons. The van der Waals surface area contributed by atoms with Gasteiger partial charge in [0.1, 0.15) is 5.76 Å². The molecule has 0 saturated heterocycles. The molecule has 0 N–H and O–H groups in total. The molecule has 0 fully saturated rings. The molecule has 0 aromatic carbocycles. The van der Waals surface area contributed by atoms with Gasteiger partial charge in [-0.25, -0.2) is 0 Å². The van der Waals surface area contributed by atoms with E-state index in [1.807, 2.05) is 0 Å². The Morgan fingerprint density at radius 1 is 1.73 bits per heavy atom. The molecule has 0 amide bonds. The molecule has 5 nitrogen and oxygen atoms in total. The van der Waals surface area contributed by atoms with Gasteiger partial charge in [-0.15, -0.1) is 6.58 Å². The maximum absolute atomic E-state index is 10.4. The molecule has 1 atom stereocenters. The minimum Gasteiger partial charge on any atom is -0.466 e. The van der Waals surface area contributed by atoms with Crippen molar-refractivity contribution in [1.82, 2.24) is 0 Å². The summed E-state index contributed by atoms with van der Waals surface area (Å²) in [7, 11) is 0. The molecule has 0 bridgehead atoms. The van der Waals surface area contributed by atoms with Crippen LogP contribution < -0.4 is 0 Å². The third-order valence-electron chi connectivity index (χ3n) is 1.82. The van der Waals surface area contributed by atoms with Gasteiger partial charge in [0.25, 0.3) is 0 Å². The summed E-state index contributed by atoms with van der Waals surface area (Å²) in [6.45, 7) is 3.66. The van der Waals surface area contributed by atoms with Crippen molar-refractivity contribution < 1.29 is 14.1 Å². The van der Waals surface area contributed by atoms with E-state index in [0.717, 1.165) is 0 Å². The highest BCUT2D eigenvalue weighted by molar-refractivity contribution is 5.02. The maximum atomic E-state index is 10.4. The molecule has 0 saturated carbocycles. The molecular formula is C10H13NO4. The van der Waals surface area contributed by atoms with Crippen LogP contribution in [-0.2, 0) is 4.74 Å². The first-order chi connectivity index (χ1) is 7.24. The van der Waals surface area contributed by atoms with Crippen molar-refractivity contribution in [2.24, 2.45) is 0 Å². The molecular weight excluding hydrogens is 198 g/mol. The lowest BCUT2D eigenvalue weighted by Gasteiger charge is -2.10. The van der Waals surface area contributed by atoms with Gasteiger partial charge in [0, 0.05) is 4.92 Å². The van der Waals surface area contributed by atoms with Crippen LogP contribution in [0.25, 0.3) is 0 Å². The fourth-order valence-electron chi connectivity index (χ4n) is 1.13. The summed E-state index contributed by atoms with van der Waals surface area (Å²) in [5.74, 6) is 0.482. The summed E-state index contributed by atoms with van der Waals surface area (Å²) in [5, 5.41) is 10.4. The van der Waals surface area contributed by atoms with Crippen molar-refractivity contribution in [2.45, 2.75) is 12.5 Å². The van der Waals surface area contributed by atoms with Gasteiger partial charge in [-0.05, 0) is 18.6 Å². The first-order valence-electron chi connectivity index (χ1n) is 4.61. The third-order valence-corrected chi connectivity index (χ3v) is 1.82. The van der Waals surface area contributed by atoms with Crippen molar-refractivity contribution in [3.8, 4) is 0 Å². The highest BCUT2D eigenvalue weighted by Crippen LogP contribution is 2.18. The van der Waals surface area contributed by atoms with Gasteiger partial charge < -0.3 is 9.15 Å². The second-order valence-corrected chi connectivity index (χ2v) is 2.97. The first-order valence-corrected chi connectivity index (χ1v) is 4.61. The number of nitro groups is 1. The van der Waals surface area contributed by atoms with E-state index < -0.39 is 11.0 Å². The van der Waals surface area contributed by atoms with Crippen LogP contribution in [0.3, 0.4) is 0 Å². The lowest BCUT2D eigenvalue weighted by Crippen LogP contribution is -2.15. The van der Waals surface area contributed by atoms with E-state index in [-0.39, 0.29) is 6.54 Å². The summed E-state index contributed by atoms with van der Waals surface area (Å²) in [4.78, 5) is 9.99. The van der Waals surface area contributed by atoms with Crippen LogP contribution in [0.4, 0.5) is 0 Å². The van der Waals surface area contributed by atoms with Crippen molar-refractivity contribution >= 4 is 0 Å². The average Bonchev–Trinajstić information content (AvgIpc) is 2.68. The highest BCUT2D eigenvalue weighted by atomic mass is 16.6. The number of hydrogen-bond donors (Lipinski definition) is 0. The zero-order chi connectivity index (χ0) is 11.1.